The fourth-order valence-electron chi connectivity index (χ4n) is 2.80. The van der Waals surface area contributed by atoms with Crippen LogP contribution in [0, 0.1) is 6.92 Å². The van der Waals surface area contributed by atoms with Gasteiger partial charge in [0.2, 0.25) is 0 Å². The molecule has 0 atom stereocenters. The van der Waals surface area contributed by atoms with Crippen LogP contribution >= 0.6 is 0 Å². The minimum atomic E-state index is -3.65. The van der Waals surface area contributed by atoms with Crippen molar-refractivity contribution in [1.29, 1.82) is 0 Å². The molecular weight excluding hydrogens is 336 g/mol. The van der Waals surface area contributed by atoms with Gasteiger partial charge in [-0.25, -0.2) is 8.42 Å². The lowest BCUT2D eigenvalue weighted by Gasteiger charge is -2.34. The van der Waals surface area contributed by atoms with Crippen LogP contribution < -0.4 is 15.4 Å². The van der Waals surface area contributed by atoms with Gasteiger partial charge in [0.05, 0.1) is 4.90 Å². The fourth-order valence-corrected chi connectivity index (χ4v) is 3.90. The van der Waals surface area contributed by atoms with Crippen LogP contribution in [0.3, 0.4) is 0 Å². The summed E-state index contributed by atoms with van der Waals surface area (Å²) < 4.78 is 27.6. The molecule has 0 aromatic heterocycles. The van der Waals surface area contributed by atoms with Gasteiger partial charge in [0.15, 0.2) is 0 Å². The van der Waals surface area contributed by atoms with Crippen LogP contribution in [0.5, 0.6) is 0 Å². The minimum absolute atomic E-state index is 0.166. The second kappa shape index (κ2) is 6.93. The Morgan fingerprint density at radius 2 is 1.64 bits per heavy atom. The van der Waals surface area contributed by atoms with Crippen molar-refractivity contribution in [1.82, 2.24) is 4.90 Å². The molecule has 25 heavy (non-hydrogen) atoms. The number of likely N-dealkylation sites (N-methyl/N-ethyl adjacent to an activating group) is 1. The summed E-state index contributed by atoms with van der Waals surface area (Å²) in [6.45, 7) is 5.86. The van der Waals surface area contributed by atoms with Crippen molar-refractivity contribution >= 4 is 27.1 Å². The van der Waals surface area contributed by atoms with Gasteiger partial charge in [-0.3, -0.25) is 4.72 Å². The van der Waals surface area contributed by atoms with Crippen LogP contribution in [0.25, 0.3) is 0 Å². The van der Waals surface area contributed by atoms with Crippen molar-refractivity contribution in [3.63, 3.8) is 0 Å². The molecule has 1 fully saturated rings. The molecule has 0 spiro atoms. The lowest BCUT2D eigenvalue weighted by Crippen LogP contribution is -2.44. The van der Waals surface area contributed by atoms with E-state index in [4.69, 9.17) is 5.73 Å². The quantitative estimate of drug-likeness (QED) is 0.817. The molecule has 3 rings (SSSR count). The number of piperazine rings is 1. The second-order valence-electron chi connectivity index (χ2n) is 6.46. The van der Waals surface area contributed by atoms with E-state index < -0.39 is 10.0 Å². The Hall–Kier alpha value is -2.25. The smallest absolute Gasteiger partial charge is 0.261 e. The van der Waals surface area contributed by atoms with Crippen LogP contribution in [0.2, 0.25) is 0 Å². The number of rotatable bonds is 4. The Bertz CT molecular complexity index is 842. The number of aryl methyl sites for hydroxylation is 1. The Balaban J connectivity index is 1.73. The third-order valence-electron chi connectivity index (χ3n) is 4.55. The van der Waals surface area contributed by atoms with E-state index in [-0.39, 0.29) is 4.90 Å². The van der Waals surface area contributed by atoms with Crippen LogP contribution in [0.15, 0.2) is 47.4 Å². The SMILES string of the molecule is Cc1ccc(S(=O)(=O)Nc2ccc(N3CCN(C)CC3)cc2)cc1N. The summed E-state index contributed by atoms with van der Waals surface area (Å²) in [5.41, 5.74) is 8.79. The summed E-state index contributed by atoms with van der Waals surface area (Å²) in [5, 5.41) is 0. The van der Waals surface area contributed by atoms with Gasteiger partial charge in [-0.05, 0) is 55.9 Å². The van der Waals surface area contributed by atoms with Crippen molar-refractivity contribution in [2.75, 3.05) is 48.6 Å². The molecule has 0 unspecified atom stereocenters. The van der Waals surface area contributed by atoms with Crippen molar-refractivity contribution in [2.24, 2.45) is 0 Å². The molecule has 0 amide bonds. The first-order valence-corrected chi connectivity index (χ1v) is 9.76. The van der Waals surface area contributed by atoms with E-state index in [9.17, 15) is 8.42 Å². The van der Waals surface area contributed by atoms with Gasteiger partial charge in [-0.2, -0.15) is 0 Å². The summed E-state index contributed by atoms with van der Waals surface area (Å²) >= 11 is 0. The third kappa shape index (κ3) is 4.05. The van der Waals surface area contributed by atoms with E-state index in [2.05, 4.69) is 21.6 Å². The van der Waals surface area contributed by atoms with Gasteiger partial charge in [0.1, 0.15) is 0 Å². The molecule has 3 N–H and O–H groups in total. The maximum atomic E-state index is 12.5. The standard InChI is InChI=1S/C18H24N4O2S/c1-14-3-8-17(13-18(14)19)25(23,24)20-15-4-6-16(7-5-15)22-11-9-21(2)10-12-22/h3-8,13,20H,9-12,19H2,1-2H3. The molecule has 1 saturated heterocycles. The van der Waals surface area contributed by atoms with Gasteiger partial charge in [0, 0.05) is 43.2 Å². The average Bonchev–Trinajstić information content (AvgIpc) is 2.58. The highest BCUT2D eigenvalue weighted by molar-refractivity contribution is 7.92. The van der Waals surface area contributed by atoms with Crippen molar-refractivity contribution in [2.45, 2.75) is 11.8 Å². The van der Waals surface area contributed by atoms with Gasteiger partial charge < -0.3 is 15.5 Å². The Morgan fingerprint density at radius 3 is 2.24 bits per heavy atom. The Morgan fingerprint density at radius 1 is 1.00 bits per heavy atom. The number of nitrogens with two attached hydrogens (primary N) is 1. The first kappa shape index (κ1) is 17.6. The van der Waals surface area contributed by atoms with Gasteiger partial charge in [0.25, 0.3) is 10.0 Å². The molecule has 7 heteroatoms. The molecule has 6 nitrogen and oxygen atoms in total. The highest BCUT2D eigenvalue weighted by atomic mass is 32.2. The molecule has 1 aliphatic heterocycles. The van der Waals surface area contributed by atoms with Crippen LogP contribution in [0.1, 0.15) is 5.56 Å². The van der Waals surface area contributed by atoms with Crippen molar-refractivity contribution in [3.05, 3.63) is 48.0 Å². The van der Waals surface area contributed by atoms with E-state index in [0.717, 1.165) is 37.4 Å². The zero-order valence-electron chi connectivity index (χ0n) is 14.6. The topological polar surface area (TPSA) is 78.7 Å². The number of benzene rings is 2. The molecule has 0 radical (unpaired) electrons. The first-order chi connectivity index (χ1) is 11.8. The number of nitrogen functional groups attached to an aromatic ring is 1. The highest BCUT2D eigenvalue weighted by Gasteiger charge is 2.17. The van der Waals surface area contributed by atoms with Gasteiger partial charge in [-0.1, -0.05) is 6.07 Å². The van der Waals surface area contributed by atoms with Crippen LogP contribution in [-0.4, -0.2) is 46.5 Å². The summed E-state index contributed by atoms with van der Waals surface area (Å²) in [4.78, 5) is 4.77. The average molecular weight is 360 g/mol. The molecule has 1 aliphatic rings. The van der Waals surface area contributed by atoms with E-state index in [0.29, 0.717) is 11.4 Å². The van der Waals surface area contributed by atoms with E-state index >= 15 is 0 Å². The molecular formula is C18H24N4O2S. The highest BCUT2D eigenvalue weighted by Crippen LogP contribution is 2.23. The monoisotopic (exact) mass is 360 g/mol. The molecule has 0 aliphatic carbocycles. The van der Waals surface area contributed by atoms with E-state index in [1.54, 1.807) is 24.3 Å². The second-order valence-corrected chi connectivity index (χ2v) is 8.14. The molecule has 0 saturated carbocycles. The number of nitrogens with zero attached hydrogens (tertiary/aromatic N) is 2. The summed E-state index contributed by atoms with van der Waals surface area (Å²) in [6.07, 6.45) is 0. The molecule has 2 aromatic rings. The predicted octanol–water partition coefficient (Wildman–Crippen LogP) is 2.13. The number of hydrogen-bond donors (Lipinski definition) is 2. The van der Waals surface area contributed by atoms with Crippen LogP contribution in [0.4, 0.5) is 17.1 Å². The van der Waals surface area contributed by atoms with Gasteiger partial charge >= 0.3 is 0 Å². The zero-order chi connectivity index (χ0) is 18.0. The lowest BCUT2D eigenvalue weighted by atomic mass is 10.2. The summed E-state index contributed by atoms with van der Waals surface area (Å²) in [6, 6.07) is 12.2. The number of hydrogen-bond acceptors (Lipinski definition) is 5. The van der Waals surface area contributed by atoms with E-state index in [1.165, 1.54) is 6.07 Å². The maximum absolute atomic E-state index is 12.5. The van der Waals surface area contributed by atoms with E-state index in [1.807, 2.05) is 19.1 Å². The van der Waals surface area contributed by atoms with Gasteiger partial charge in [-0.15, -0.1) is 0 Å². The number of nitrogens with one attached hydrogen (secondary N) is 1. The number of sulfonamides is 1. The molecule has 1 heterocycles. The molecule has 2 aromatic carbocycles. The third-order valence-corrected chi connectivity index (χ3v) is 5.93. The fraction of sp³-hybridized carbons (Fsp3) is 0.333. The molecule has 134 valence electrons. The predicted molar refractivity (Wildman–Crippen MR) is 103 cm³/mol. The first-order valence-electron chi connectivity index (χ1n) is 8.28. The normalized spacial score (nSPS) is 16.0. The zero-order valence-corrected chi connectivity index (χ0v) is 15.4. The molecule has 0 bridgehead atoms. The lowest BCUT2D eigenvalue weighted by molar-refractivity contribution is 0.313. The Kier molecular flexibility index (Phi) is 4.87. The maximum Gasteiger partial charge on any atom is 0.261 e. The Labute approximate surface area is 149 Å². The van der Waals surface area contributed by atoms with Crippen molar-refractivity contribution < 1.29 is 8.42 Å². The number of anilines is 3. The largest absolute Gasteiger partial charge is 0.398 e. The van der Waals surface area contributed by atoms with Crippen LogP contribution in [-0.2, 0) is 10.0 Å². The minimum Gasteiger partial charge on any atom is -0.398 e. The van der Waals surface area contributed by atoms with Crippen molar-refractivity contribution in [3.8, 4) is 0 Å². The summed E-state index contributed by atoms with van der Waals surface area (Å²) in [7, 11) is -1.53. The summed E-state index contributed by atoms with van der Waals surface area (Å²) in [5.74, 6) is 0.